The van der Waals surface area contributed by atoms with E-state index >= 15 is 0 Å². The van der Waals surface area contributed by atoms with E-state index in [4.69, 9.17) is 4.74 Å². The molecule has 0 aliphatic carbocycles. The Kier molecular flexibility index (Phi) is 6.31. The average Bonchev–Trinajstić information content (AvgIpc) is 2.20. The van der Waals surface area contributed by atoms with Crippen molar-refractivity contribution in [1.82, 2.24) is 5.32 Å². The Hall–Kier alpha value is -1.52. The molecule has 1 unspecified atom stereocenters. The summed E-state index contributed by atoms with van der Waals surface area (Å²) in [6.45, 7) is 8.82. The average molecular weight is 243 g/mol. The second kappa shape index (κ2) is 6.93. The molecule has 1 N–H and O–H groups in total. The summed E-state index contributed by atoms with van der Waals surface area (Å²) in [5.41, 5.74) is -0.594. The minimum atomic E-state index is -0.701. The summed E-state index contributed by atoms with van der Waals surface area (Å²) in [7, 11) is 1.28. The van der Waals surface area contributed by atoms with Crippen molar-refractivity contribution >= 4 is 12.1 Å². The summed E-state index contributed by atoms with van der Waals surface area (Å²) < 4.78 is 9.66. The van der Waals surface area contributed by atoms with Crippen LogP contribution in [-0.4, -0.2) is 30.8 Å². The Morgan fingerprint density at radius 1 is 1.41 bits per heavy atom. The predicted molar refractivity (Wildman–Crippen MR) is 64.6 cm³/mol. The van der Waals surface area contributed by atoms with Gasteiger partial charge in [-0.1, -0.05) is 6.08 Å². The van der Waals surface area contributed by atoms with Crippen LogP contribution in [0.3, 0.4) is 0 Å². The summed E-state index contributed by atoms with van der Waals surface area (Å²) in [6, 6.07) is -0.701. The maximum absolute atomic E-state index is 11.5. The van der Waals surface area contributed by atoms with E-state index < -0.39 is 23.7 Å². The van der Waals surface area contributed by atoms with Crippen molar-refractivity contribution in [3.63, 3.8) is 0 Å². The summed E-state index contributed by atoms with van der Waals surface area (Å²) >= 11 is 0. The number of carbonyl (C=O) groups is 2. The van der Waals surface area contributed by atoms with Crippen LogP contribution in [0, 0.1) is 0 Å². The van der Waals surface area contributed by atoms with Gasteiger partial charge in [0.2, 0.25) is 0 Å². The molecule has 0 saturated carbocycles. The third kappa shape index (κ3) is 7.38. The second-order valence-corrected chi connectivity index (χ2v) is 4.59. The first-order chi connectivity index (χ1) is 7.80. The third-order valence-corrected chi connectivity index (χ3v) is 1.84. The number of carbonyl (C=O) groups excluding carboxylic acids is 2. The van der Waals surface area contributed by atoms with Gasteiger partial charge in [-0.2, -0.15) is 0 Å². The fraction of sp³-hybridized carbons (Fsp3) is 0.667. The highest BCUT2D eigenvalue weighted by Gasteiger charge is 2.24. The van der Waals surface area contributed by atoms with E-state index in [1.54, 1.807) is 26.8 Å². The molecule has 0 heterocycles. The molecule has 0 fully saturated rings. The molecule has 0 aromatic carbocycles. The van der Waals surface area contributed by atoms with Crippen molar-refractivity contribution in [3.05, 3.63) is 12.7 Å². The molecule has 98 valence electrons. The van der Waals surface area contributed by atoms with E-state index in [1.807, 2.05) is 0 Å². The first-order valence-electron chi connectivity index (χ1n) is 5.48. The first kappa shape index (κ1) is 15.5. The monoisotopic (exact) mass is 243 g/mol. The van der Waals surface area contributed by atoms with Gasteiger partial charge in [-0.3, -0.25) is 0 Å². The van der Waals surface area contributed by atoms with Gasteiger partial charge < -0.3 is 14.8 Å². The predicted octanol–water partition coefficient (Wildman–Crippen LogP) is 2.02. The van der Waals surface area contributed by atoms with Crippen molar-refractivity contribution in [3.8, 4) is 0 Å². The highest BCUT2D eigenvalue weighted by Crippen LogP contribution is 2.08. The van der Waals surface area contributed by atoms with Crippen molar-refractivity contribution in [1.29, 1.82) is 0 Å². The molecular formula is C12H21NO4. The van der Waals surface area contributed by atoms with Gasteiger partial charge in [-0.15, -0.1) is 6.58 Å². The summed E-state index contributed by atoms with van der Waals surface area (Å²) in [5, 5.41) is 2.48. The van der Waals surface area contributed by atoms with Crippen LogP contribution in [0.15, 0.2) is 12.7 Å². The molecule has 0 bridgehead atoms. The van der Waals surface area contributed by atoms with Crippen molar-refractivity contribution in [2.45, 2.75) is 45.3 Å². The van der Waals surface area contributed by atoms with Gasteiger partial charge in [0.05, 0.1) is 7.11 Å². The summed E-state index contributed by atoms with van der Waals surface area (Å²) in [6.07, 6.45) is 2.09. The Morgan fingerprint density at radius 3 is 2.41 bits per heavy atom. The summed E-state index contributed by atoms with van der Waals surface area (Å²) in [4.78, 5) is 22.9. The highest BCUT2D eigenvalue weighted by molar-refractivity contribution is 5.81. The highest BCUT2D eigenvalue weighted by atomic mass is 16.6. The van der Waals surface area contributed by atoms with Crippen LogP contribution in [0.1, 0.15) is 33.6 Å². The summed E-state index contributed by atoms with van der Waals surface area (Å²) in [5.74, 6) is -0.488. The van der Waals surface area contributed by atoms with Gasteiger partial charge in [0.25, 0.3) is 0 Å². The van der Waals surface area contributed by atoms with E-state index in [2.05, 4.69) is 16.6 Å². The molecule has 17 heavy (non-hydrogen) atoms. The van der Waals surface area contributed by atoms with Crippen LogP contribution in [-0.2, 0) is 14.3 Å². The van der Waals surface area contributed by atoms with Crippen LogP contribution < -0.4 is 5.32 Å². The second-order valence-electron chi connectivity index (χ2n) is 4.59. The molecule has 0 spiro atoms. The minimum Gasteiger partial charge on any atom is -0.467 e. The van der Waals surface area contributed by atoms with Gasteiger partial charge >= 0.3 is 12.1 Å². The fourth-order valence-electron chi connectivity index (χ4n) is 1.13. The smallest absolute Gasteiger partial charge is 0.408 e. The lowest BCUT2D eigenvalue weighted by Crippen LogP contribution is -2.43. The number of rotatable bonds is 5. The van der Waals surface area contributed by atoms with E-state index in [0.717, 1.165) is 0 Å². The molecule has 0 aromatic rings. The molecule has 0 saturated heterocycles. The normalized spacial score (nSPS) is 12.5. The van der Waals surface area contributed by atoms with Gasteiger partial charge in [0.1, 0.15) is 11.6 Å². The number of ether oxygens (including phenoxy) is 2. The van der Waals surface area contributed by atoms with Crippen LogP contribution in [0.5, 0.6) is 0 Å². The Balaban J connectivity index is 4.37. The molecule has 0 rings (SSSR count). The third-order valence-electron chi connectivity index (χ3n) is 1.84. The van der Waals surface area contributed by atoms with E-state index in [1.165, 1.54) is 7.11 Å². The molecule has 5 nitrogen and oxygen atoms in total. The van der Waals surface area contributed by atoms with Crippen LogP contribution in [0.4, 0.5) is 4.79 Å². The van der Waals surface area contributed by atoms with Crippen molar-refractivity contribution in [2.75, 3.05) is 7.11 Å². The lowest BCUT2D eigenvalue weighted by molar-refractivity contribution is -0.143. The van der Waals surface area contributed by atoms with Crippen LogP contribution in [0.2, 0.25) is 0 Å². The van der Waals surface area contributed by atoms with Crippen LogP contribution >= 0.6 is 0 Å². The first-order valence-corrected chi connectivity index (χ1v) is 5.48. The molecule has 0 radical (unpaired) electrons. The fourth-order valence-corrected chi connectivity index (χ4v) is 1.13. The zero-order valence-electron chi connectivity index (χ0n) is 10.9. The SMILES string of the molecule is C=CCCC(NC(=O)OC(C)(C)C)C(=O)OC. The van der Waals surface area contributed by atoms with Gasteiger partial charge in [-0.05, 0) is 33.6 Å². The molecular weight excluding hydrogens is 222 g/mol. The molecule has 1 atom stereocenters. The standard InChI is InChI=1S/C12H21NO4/c1-6-7-8-9(10(14)16-5)13-11(15)17-12(2,3)4/h6,9H,1,7-8H2,2-5H3,(H,13,15). The number of alkyl carbamates (subject to hydrolysis) is 1. The molecule has 0 aromatic heterocycles. The quantitative estimate of drug-likeness (QED) is 0.592. The minimum absolute atomic E-state index is 0.440. The number of hydrogen-bond donors (Lipinski definition) is 1. The van der Waals surface area contributed by atoms with E-state index in [-0.39, 0.29) is 0 Å². The van der Waals surface area contributed by atoms with Crippen LogP contribution in [0.25, 0.3) is 0 Å². The molecule has 5 heteroatoms. The number of esters is 1. The number of methoxy groups -OCH3 is 1. The number of allylic oxidation sites excluding steroid dienone is 1. The Bertz CT molecular complexity index is 281. The van der Waals surface area contributed by atoms with Crippen molar-refractivity contribution < 1.29 is 19.1 Å². The lowest BCUT2D eigenvalue weighted by atomic mass is 10.1. The Labute approximate surface area is 102 Å². The van der Waals surface area contributed by atoms with Gasteiger partial charge in [-0.25, -0.2) is 9.59 Å². The number of hydrogen-bond acceptors (Lipinski definition) is 4. The lowest BCUT2D eigenvalue weighted by Gasteiger charge is -2.22. The van der Waals surface area contributed by atoms with Gasteiger partial charge in [0.15, 0.2) is 0 Å². The van der Waals surface area contributed by atoms with E-state index in [9.17, 15) is 9.59 Å². The molecule has 0 aliphatic heterocycles. The number of nitrogens with one attached hydrogen (secondary N) is 1. The largest absolute Gasteiger partial charge is 0.467 e. The topological polar surface area (TPSA) is 64.6 Å². The zero-order chi connectivity index (χ0) is 13.5. The number of amides is 1. The maximum atomic E-state index is 11.5. The van der Waals surface area contributed by atoms with E-state index in [0.29, 0.717) is 12.8 Å². The zero-order valence-corrected chi connectivity index (χ0v) is 10.9. The van der Waals surface area contributed by atoms with Gasteiger partial charge in [0, 0.05) is 0 Å². The molecule has 0 aliphatic rings. The maximum Gasteiger partial charge on any atom is 0.408 e. The molecule has 1 amide bonds. The van der Waals surface area contributed by atoms with Crippen molar-refractivity contribution in [2.24, 2.45) is 0 Å². The Morgan fingerprint density at radius 2 is 2.00 bits per heavy atom.